The summed E-state index contributed by atoms with van der Waals surface area (Å²) < 4.78 is 42.8. The van der Waals surface area contributed by atoms with E-state index in [0.717, 1.165) is 25.9 Å². The predicted octanol–water partition coefficient (Wildman–Crippen LogP) is 2.03. The van der Waals surface area contributed by atoms with Crippen LogP contribution in [0.1, 0.15) is 26.2 Å². The molecule has 1 saturated heterocycles. The van der Waals surface area contributed by atoms with Crippen molar-refractivity contribution in [2.24, 2.45) is 0 Å². The molecule has 1 aliphatic heterocycles. The normalized spacial score (nSPS) is 18.5. The molecule has 1 rings (SSSR count). The second-order valence-electron chi connectivity index (χ2n) is 4.62. The average molecular weight is 268 g/mol. The molecule has 1 N–H and O–H groups in total. The first kappa shape index (κ1) is 15.7. The molecule has 0 aliphatic carbocycles. The third-order valence-corrected chi connectivity index (χ3v) is 3.15. The Bertz CT molecular complexity index is 218. The van der Waals surface area contributed by atoms with E-state index in [0.29, 0.717) is 26.2 Å². The molecular weight excluding hydrogens is 245 g/mol. The number of ether oxygens (including phenoxy) is 1. The third-order valence-electron chi connectivity index (χ3n) is 3.15. The minimum Gasteiger partial charge on any atom is -0.382 e. The maximum Gasteiger partial charge on any atom is 0.401 e. The van der Waals surface area contributed by atoms with Crippen molar-refractivity contribution in [2.75, 3.05) is 39.4 Å². The fraction of sp³-hybridized carbons (Fsp3) is 1.00. The second kappa shape index (κ2) is 7.96. The molecule has 0 spiro atoms. The van der Waals surface area contributed by atoms with Gasteiger partial charge in [-0.2, -0.15) is 13.2 Å². The van der Waals surface area contributed by atoms with Gasteiger partial charge in [-0.05, 0) is 39.3 Å². The molecule has 0 aromatic rings. The number of alkyl halides is 3. The van der Waals surface area contributed by atoms with Crippen LogP contribution < -0.4 is 5.32 Å². The number of piperidine rings is 1. The summed E-state index contributed by atoms with van der Waals surface area (Å²) in [5, 5.41) is 3.18. The van der Waals surface area contributed by atoms with Gasteiger partial charge in [-0.3, -0.25) is 4.90 Å². The topological polar surface area (TPSA) is 24.5 Å². The van der Waals surface area contributed by atoms with Gasteiger partial charge in [0.05, 0.1) is 6.54 Å². The van der Waals surface area contributed by atoms with E-state index in [1.807, 2.05) is 6.92 Å². The molecule has 0 aromatic heterocycles. The van der Waals surface area contributed by atoms with Gasteiger partial charge in [-0.15, -0.1) is 0 Å². The summed E-state index contributed by atoms with van der Waals surface area (Å²) >= 11 is 0. The average Bonchev–Trinajstić information content (AvgIpc) is 2.33. The van der Waals surface area contributed by atoms with Crippen LogP contribution in [0.2, 0.25) is 0 Å². The third kappa shape index (κ3) is 6.56. The zero-order valence-corrected chi connectivity index (χ0v) is 10.9. The van der Waals surface area contributed by atoms with Crippen LogP contribution in [0.15, 0.2) is 0 Å². The highest BCUT2D eigenvalue weighted by atomic mass is 19.4. The van der Waals surface area contributed by atoms with Crippen molar-refractivity contribution in [3.63, 3.8) is 0 Å². The van der Waals surface area contributed by atoms with Gasteiger partial charge in [0.25, 0.3) is 0 Å². The Kier molecular flexibility index (Phi) is 6.96. The molecular formula is C12H23F3N2O. The Hall–Kier alpha value is -0.330. The molecule has 0 aromatic carbocycles. The zero-order chi connectivity index (χ0) is 13.4. The van der Waals surface area contributed by atoms with E-state index in [-0.39, 0.29) is 6.04 Å². The smallest absolute Gasteiger partial charge is 0.382 e. The standard InChI is InChI=1S/C12H23F3N2O/c1-2-18-9-3-8-17(10-12(13,14)15)11-4-6-16-7-5-11/h11,16H,2-10H2,1H3. The highest BCUT2D eigenvalue weighted by Crippen LogP contribution is 2.21. The SMILES string of the molecule is CCOCCCN(CC(F)(F)F)C1CCNCC1. The largest absolute Gasteiger partial charge is 0.401 e. The van der Waals surface area contributed by atoms with Crippen molar-refractivity contribution >= 4 is 0 Å². The van der Waals surface area contributed by atoms with E-state index in [9.17, 15) is 13.2 Å². The van der Waals surface area contributed by atoms with Crippen molar-refractivity contribution in [3.8, 4) is 0 Å². The molecule has 108 valence electrons. The lowest BCUT2D eigenvalue weighted by molar-refractivity contribution is -0.152. The van der Waals surface area contributed by atoms with E-state index in [2.05, 4.69) is 5.32 Å². The van der Waals surface area contributed by atoms with Gasteiger partial charge in [0.1, 0.15) is 0 Å². The molecule has 0 atom stereocenters. The van der Waals surface area contributed by atoms with Gasteiger partial charge < -0.3 is 10.1 Å². The van der Waals surface area contributed by atoms with E-state index in [1.54, 1.807) is 4.90 Å². The van der Waals surface area contributed by atoms with Crippen LogP contribution >= 0.6 is 0 Å². The van der Waals surface area contributed by atoms with E-state index < -0.39 is 12.7 Å². The summed E-state index contributed by atoms with van der Waals surface area (Å²) in [5.74, 6) is 0. The first-order chi connectivity index (χ1) is 8.53. The maximum atomic E-state index is 12.5. The Morgan fingerprint density at radius 3 is 2.50 bits per heavy atom. The molecule has 1 aliphatic rings. The lowest BCUT2D eigenvalue weighted by Crippen LogP contribution is -2.47. The summed E-state index contributed by atoms with van der Waals surface area (Å²) in [5.41, 5.74) is 0. The number of hydrogen-bond acceptors (Lipinski definition) is 3. The Balaban J connectivity index is 2.40. The Labute approximate surface area is 107 Å². The summed E-state index contributed by atoms with van der Waals surface area (Å²) in [7, 11) is 0. The number of halogens is 3. The van der Waals surface area contributed by atoms with Crippen LogP contribution in [-0.2, 0) is 4.74 Å². The van der Waals surface area contributed by atoms with Gasteiger partial charge in [0, 0.05) is 25.8 Å². The van der Waals surface area contributed by atoms with Crippen LogP contribution in [0.3, 0.4) is 0 Å². The van der Waals surface area contributed by atoms with Gasteiger partial charge in [0.2, 0.25) is 0 Å². The number of nitrogens with one attached hydrogen (secondary N) is 1. The molecule has 3 nitrogen and oxygen atoms in total. The van der Waals surface area contributed by atoms with Crippen LogP contribution in [0.4, 0.5) is 13.2 Å². The van der Waals surface area contributed by atoms with Gasteiger partial charge in [-0.1, -0.05) is 0 Å². The van der Waals surface area contributed by atoms with Crippen molar-refractivity contribution in [1.82, 2.24) is 10.2 Å². The Morgan fingerprint density at radius 1 is 1.28 bits per heavy atom. The molecule has 0 saturated carbocycles. The quantitative estimate of drug-likeness (QED) is 0.715. The van der Waals surface area contributed by atoms with Crippen LogP contribution in [0.5, 0.6) is 0 Å². The molecule has 0 unspecified atom stereocenters. The molecule has 0 amide bonds. The number of hydrogen-bond donors (Lipinski definition) is 1. The molecule has 0 radical (unpaired) electrons. The highest BCUT2D eigenvalue weighted by Gasteiger charge is 2.33. The van der Waals surface area contributed by atoms with Crippen LogP contribution in [-0.4, -0.2) is 56.5 Å². The lowest BCUT2D eigenvalue weighted by Gasteiger charge is -2.35. The molecule has 1 heterocycles. The Morgan fingerprint density at radius 2 is 1.94 bits per heavy atom. The fourth-order valence-corrected chi connectivity index (χ4v) is 2.31. The molecule has 0 bridgehead atoms. The van der Waals surface area contributed by atoms with E-state index in [4.69, 9.17) is 4.74 Å². The van der Waals surface area contributed by atoms with Crippen LogP contribution in [0.25, 0.3) is 0 Å². The monoisotopic (exact) mass is 268 g/mol. The van der Waals surface area contributed by atoms with E-state index >= 15 is 0 Å². The van der Waals surface area contributed by atoms with Gasteiger partial charge in [-0.25, -0.2) is 0 Å². The summed E-state index contributed by atoms with van der Waals surface area (Å²) in [6, 6.07) is 0.0505. The molecule has 18 heavy (non-hydrogen) atoms. The van der Waals surface area contributed by atoms with Gasteiger partial charge in [0.15, 0.2) is 0 Å². The van der Waals surface area contributed by atoms with Crippen molar-refractivity contribution in [2.45, 2.75) is 38.4 Å². The number of rotatable bonds is 7. The lowest BCUT2D eigenvalue weighted by atomic mass is 10.0. The van der Waals surface area contributed by atoms with Crippen molar-refractivity contribution in [3.05, 3.63) is 0 Å². The predicted molar refractivity (Wildman–Crippen MR) is 64.6 cm³/mol. The summed E-state index contributed by atoms with van der Waals surface area (Å²) in [6.07, 6.45) is -1.86. The van der Waals surface area contributed by atoms with Crippen LogP contribution in [0, 0.1) is 0 Å². The minimum atomic E-state index is -4.11. The van der Waals surface area contributed by atoms with Gasteiger partial charge >= 0.3 is 6.18 Å². The zero-order valence-electron chi connectivity index (χ0n) is 10.9. The van der Waals surface area contributed by atoms with E-state index in [1.165, 1.54) is 0 Å². The molecule has 6 heteroatoms. The summed E-state index contributed by atoms with van der Waals surface area (Å²) in [6.45, 7) is 4.33. The second-order valence-corrected chi connectivity index (χ2v) is 4.62. The fourth-order valence-electron chi connectivity index (χ4n) is 2.31. The highest BCUT2D eigenvalue weighted by molar-refractivity contribution is 4.79. The van der Waals surface area contributed by atoms with Crippen molar-refractivity contribution in [1.29, 1.82) is 0 Å². The number of nitrogens with zero attached hydrogens (tertiary/aromatic N) is 1. The van der Waals surface area contributed by atoms with Crippen molar-refractivity contribution < 1.29 is 17.9 Å². The first-order valence-corrected chi connectivity index (χ1v) is 6.62. The summed E-state index contributed by atoms with van der Waals surface area (Å²) in [4.78, 5) is 1.57. The first-order valence-electron chi connectivity index (χ1n) is 6.62. The molecule has 1 fully saturated rings. The minimum absolute atomic E-state index is 0.0505. The maximum absolute atomic E-state index is 12.5.